The zero-order valence-corrected chi connectivity index (χ0v) is 12.3. The average molecular weight is 266 g/mol. The molecule has 0 bridgehead atoms. The number of amides is 1. The van der Waals surface area contributed by atoms with Crippen LogP contribution in [0.2, 0.25) is 0 Å². The van der Waals surface area contributed by atoms with Gasteiger partial charge >= 0.3 is 0 Å². The molecule has 0 aromatic rings. The van der Waals surface area contributed by atoms with Crippen LogP contribution in [0.5, 0.6) is 0 Å². The predicted octanol–water partition coefficient (Wildman–Crippen LogP) is 2.95. The lowest BCUT2D eigenvalue weighted by atomic mass is 9.89. The summed E-state index contributed by atoms with van der Waals surface area (Å²) in [6, 6.07) is 0. The second kappa shape index (κ2) is 8.57. The van der Waals surface area contributed by atoms with Crippen molar-refractivity contribution in [1.29, 1.82) is 0 Å². The summed E-state index contributed by atoms with van der Waals surface area (Å²) in [6.45, 7) is 4.67. The minimum atomic E-state index is 0.316. The highest BCUT2D eigenvalue weighted by atomic mass is 16.1. The van der Waals surface area contributed by atoms with Crippen LogP contribution in [-0.2, 0) is 4.79 Å². The molecule has 1 N–H and O–H groups in total. The zero-order valence-electron chi connectivity index (χ0n) is 12.3. The Hall–Kier alpha value is -0.570. The highest BCUT2D eigenvalue weighted by Gasteiger charge is 2.20. The monoisotopic (exact) mass is 266 g/mol. The molecule has 3 nitrogen and oxygen atoms in total. The maximum atomic E-state index is 11.9. The van der Waals surface area contributed by atoms with Gasteiger partial charge in [-0.1, -0.05) is 25.7 Å². The van der Waals surface area contributed by atoms with Crippen molar-refractivity contribution in [2.75, 3.05) is 26.2 Å². The molecule has 0 aromatic carbocycles. The second-order valence-electron chi connectivity index (χ2n) is 6.24. The molecule has 2 rings (SSSR count). The molecule has 1 saturated heterocycles. The van der Waals surface area contributed by atoms with E-state index in [2.05, 4.69) is 10.2 Å². The van der Waals surface area contributed by atoms with Crippen molar-refractivity contribution in [3.05, 3.63) is 0 Å². The summed E-state index contributed by atoms with van der Waals surface area (Å²) in [5, 5.41) is 3.13. The molecule has 19 heavy (non-hydrogen) atoms. The van der Waals surface area contributed by atoms with Crippen molar-refractivity contribution in [2.45, 2.75) is 64.2 Å². The molecule has 0 spiro atoms. The fraction of sp³-hybridized carbons (Fsp3) is 0.938. The van der Waals surface area contributed by atoms with E-state index in [-0.39, 0.29) is 0 Å². The van der Waals surface area contributed by atoms with Gasteiger partial charge in [0.2, 0.25) is 5.91 Å². The van der Waals surface area contributed by atoms with E-state index < -0.39 is 0 Å². The topological polar surface area (TPSA) is 32.3 Å². The third kappa shape index (κ3) is 5.52. The standard InChI is InChI=1S/C16H30N2O/c19-16(15-9-3-1-4-10-15)17-11-5-8-14-18-12-6-2-7-13-18/h15H,1-14H2,(H,17,19). The molecule has 1 aliphatic heterocycles. The first-order valence-electron chi connectivity index (χ1n) is 8.36. The van der Waals surface area contributed by atoms with E-state index in [9.17, 15) is 4.79 Å². The van der Waals surface area contributed by atoms with Gasteiger partial charge in [0.05, 0.1) is 0 Å². The molecule has 1 aliphatic carbocycles. The van der Waals surface area contributed by atoms with Gasteiger partial charge in [-0.25, -0.2) is 0 Å². The largest absolute Gasteiger partial charge is 0.356 e. The van der Waals surface area contributed by atoms with Crippen molar-refractivity contribution < 1.29 is 4.79 Å². The summed E-state index contributed by atoms with van der Waals surface area (Å²) in [4.78, 5) is 14.5. The van der Waals surface area contributed by atoms with Gasteiger partial charge in [0.25, 0.3) is 0 Å². The fourth-order valence-corrected chi connectivity index (χ4v) is 3.36. The number of carbonyl (C=O) groups is 1. The Bertz CT molecular complexity index is 255. The van der Waals surface area contributed by atoms with Gasteiger partial charge in [-0.2, -0.15) is 0 Å². The van der Waals surface area contributed by atoms with Crippen molar-refractivity contribution in [3.8, 4) is 0 Å². The van der Waals surface area contributed by atoms with Gasteiger partial charge in [0.1, 0.15) is 0 Å². The predicted molar refractivity (Wildman–Crippen MR) is 79.1 cm³/mol. The summed E-state index contributed by atoms with van der Waals surface area (Å²) in [7, 11) is 0. The molecule has 110 valence electrons. The van der Waals surface area contributed by atoms with E-state index in [4.69, 9.17) is 0 Å². The molecule has 2 fully saturated rings. The Balaban J connectivity index is 1.47. The molecule has 1 amide bonds. The van der Waals surface area contributed by atoms with Crippen LogP contribution in [0, 0.1) is 5.92 Å². The number of hydrogen-bond donors (Lipinski definition) is 1. The van der Waals surface area contributed by atoms with Crippen LogP contribution in [-0.4, -0.2) is 37.0 Å². The Morgan fingerprint density at radius 3 is 2.37 bits per heavy atom. The molecular formula is C16H30N2O. The average Bonchev–Trinajstić information content (AvgIpc) is 2.49. The summed E-state index contributed by atoms with van der Waals surface area (Å²) in [5.41, 5.74) is 0. The first kappa shape index (κ1) is 14.8. The number of piperidine rings is 1. The third-order valence-electron chi connectivity index (χ3n) is 4.62. The number of unbranched alkanes of at least 4 members (excludes halogenated alkanes) is 1. The van der Waals surface area contributed by atoms with E-state index >= 15 is 0 Å². The van der Waals surface area contributed by atoms with Crippen LogP contribution in [0.3, 0.4) is 0 Å². The summed E-state index contributed by atoms with van der Waals surface area (Å²) in [6.07, 6.45) is 12.5. The first-order chi connectivity index (χ1) is 9.36. The van der Waals surface area contributed by atoms with E-state index in [1.807, 2.05) is 0 Å². The molecule has 0 radical (unpaired) electrons. The molecule has 0 unspecified atom stereocenters. The van der Waals surface area contributed by atoms with Crippen LogP contribution in [0.1, 0.15) is 64.2 Å². The lowest BCUT2D eigenvalue weighted by Gasteiger charge is -2.26. The van der Waals surface area contributed by atoms with E-state index in [0.717, 1.165) is 25.8 Å². The molecule has 0 aromatic heterocycles. The van der Waals surface area contributed by atoms with Crippen LogP contribution in [0.15, 0.2) is 0 Å². The number of carbonyl (C=O) groups excluding carboxylic acids is 1. The molecule has 1 saturated carbocycles. The van der Waals surface area contributed by atoms with Gasteiger partial charge in [-0.15, -0.1) is 0 Å². The molecule has 3 heteroatoms. The van der Waals surface area contributed by atoms with Crippen molar-refractivity contribution in [1.82, 2.24) is 10.2 Å². The highest BCUT2D eigenvalue weighted by Crippen LogP contribution is 2.23. The van der Waals surface area contributed by atoms with Crippen molar-refractivity contribution in [3.63, 3.8) is 0 Å². The van der Waals surface area contributed by atoms with Crippen LogP contribution in [0.4, 0.5) is 0 Å². The molecule has 1 heterocycles. The van der Waals surface area contributed by atoms with E-state index in [1.54, 1.807) is 0 Å². The van der Waals surface area contributed by atoms with E-state index in [1.165, 1.54) is 64.6 Å². The molecular weight excluding hydrogens is 236 g/mol. The number of rotatable bonds is 6. The highest BCUT2D eigenvalue weighted by molar-refractivity contribution is 5.78. The zero-order chi connectivity index (χ0) is 13.3. The fourth-order valence-electron chi connectivity index (χ4n) is 3.36. The van der Waals surface area contributed by atoms with E-state index in [0.29, 0.717) is 11.8 Å². The number of likely N-dealkylation sites (tertiary alicyclic amines) is 1. The maximum Gasteiger partial charge on any atom is 0.223 e. The number of nitrogens with zero attached hydrogens (tertiary/aromatic N) is 1. The first-order valence-corrected chi connectivity index (χ1v) is 8.36. The Morgan fingerprint density at radius 2 is 1.63 bits per heavy atom. The van der Waals surface area contributed by atoms with Crippen molar-refractivity contribution >= 4 is 5.91 Å². The van der Waals surface area contributed by atoms with Crippen LogP contribution >= 0.6 is 0 Å². The van der Waals surface area contributed by atoms with Crippen LogP contribution in [0.25, 0.3) is 0 Å². The normalized spacial score (nSPS) is 22.3. The van der Waals surface area contributed by atoms with Gasteiger partial charge in [-0.05, 0) is 58.2 Å². The summed E-state index contributed by atoms with van der Waals surface area (Å²) >= 11 is 0. The SMILES string of the molecule is O=C(NCCCCN1CCCCC1)C1CCCCC1. The van der Waals surface area contributed by atoms with Crippen molar-refractivity contribution in [2.24, 2.45) is 5.92 Å². The molecule has 0 atom stereocenters. The molecule has 2 aliphatic rings. The van der Waals surface area contributed by atoms with Gasteiger partial charge in [0, 0.05) is 12.5 Å². The summed E-state index contributed by atoms with van der Waals surface area (Å²) in [5.74, 6) is 0.633. The smallest absolute Gasteiger partial charge is 0.223 e. The second-order valence-corrected chi connectivity index (χ2v) is 6.24. The Labute approximate surface area is 118 Å². The minimum absolute atomic E-state index is 0.316. The van der Waals surface area contributed by atoms with Crippen LogP contribution < -0.4 is 5.32 Å². The maximum absolute atomic E-state index is 11.9. The van der Waals surface area contributed by atoms with Gasteiger partial charge in [0.15, 0.2) is 0 Å². The summed E-state index contributed by atoms with van der Waals surface area (Å²) < 4.78 is 0. The lowest BCUT2D eigenvalue weighted by Crippen LogP contribution is -2.33. The Morgan fingerprint density at radius 1 is 0.947 bits per heavy atom. The van der Waals surface area contributed by atoms with Gasteiger partial charge < -0.3 is 10.2 Å². The third-order valence-corrected chi connectivity index (χ3v) is 4.62. The quantitative estimate of drug-likeness (QED) is 0.750. The van der Waals surface area contributed by atoms with Gasteiger partial charge in [-0.3, -0.25) is 4.79 Å². The number of nitrogens with one attached hydrogen (secondary N) is 1. The minimum Gasteiger partial charge on any atom is -0.356 e. The number of hydrogen-bond acceptors (Lipinski definition) is 2. The lowest BCUT2D eigenvalue weighted by molar-refractivity contribution is -0.125. The Kier molecular flexibility index (Phi) is 6.69.